The molecule has 37 heavy (non-hydrogen) atoms. The highest BCUT2D eigenvalue weighted by Crippen LogP contribution is 2.33. The highest BCUT2D eigenvalue weighted by molar-refractivity contribution is 7.09. The Morgan fingerprint density at radius 1 is 1.03 bits per heavy atom. The number of rotatable bonds is 11. The highest BCUT2D eigenvalue weighted by atomic mass is 32.1. The van der Waals surface area contributed by atoms with E-state index in [4.69, 9.17) is 14.2 Å². The molecule has 0 spiro atoms. The summed E-state index contributed by atoms with van der Waals surface area (Å²) in [6.45, 7) is 9.66. The molecule has 1 saturated heterocycles. The molecule has 1 N–H and O–H groups in total. The monoisotopic (exact) mass is 522 g/mol. The number of hydrogen-bond donors (Lipinski definition) is 1. The lowest BCUT2D eigenvalue weighted by Gasteiger charge is -2.26. The zero-order valence-corrected chi connectivity index (χ0v) is 22.1. The van der Waals surface area contributed by atoms with Crippen molar-refractivity contribution in [3.05, 3.63) is 75.2 Å². The van der Waals surface area contributed by atoms with Gasteiger partial charge in [0.25, 0.3) is 5.91 Å². The molecular weight excluding hydrogens is 488 g/mol. The normalized spacial score (nSPS) is 15.3. The number of amides is 1. The Morgan fingerprint density at radius 2 is 1.78 bits per heavy atom. The lowest BCUT2D eigenvalue weighted by atomic mass is 10.1. The van der Waals surface area contributed by atoms with Gasteiger partial charge in [-0.25, -0.2) is 4.98 Å². The number of carbonyl (C=O) groups excluding carboxylic acids is 1. The molecule has 9 heteroatoms. The number of nitrogens with zero attached hydrogens (tertiary/aromatic N) is 3. The van der Waals surface area contributed by atoms with Gasteiger partial charge in [-0.05, 0) is 43.1 Å². The van der Waals surface area contributed by atoms with Crippen molar-refractivity contribution in [3.63, 3.8) is 0 Å². The fraction of sp³-hybridized carbons (Fsp3) is 0.429. The molecule has 0 saturated carbocycles. The van der Waals surface area contributed by atoms with Crippen LogP contribution in [0.4, 0.5) is 0 Å². The van der Waals surface area contributed by atoms with Crippen LogP contribution >= 0.6 is 11.3 Å². The van der Waals surface area contributed by atoms with Crippen molar-refractivity contribution in [2.75, 3.05) is 46.2 Å². The Bertz CT molecular complexity index is 1180. The Labute approximate surface area is 222 Å². The predicted octanol–water partition coefficient (Wildman–Crippen LogP) is 3.83. The lowest BCUT2D eigenvalue weighted by molar-refractivity contribution is 0.0374. The van der Waals surface area contributed by atoms with E-state index in [1.807, 2.05) is 17.5 Å². The van der Waals surface area contributed by atoms with Crippen molar-refractivity contribution in [2.45, 2.75) is 33.0 Å². The standard InChI is InChI=1S/C28H34N4O4S/c1-21-3-5-22(6-4-21)16-32(17-23-7-8-25-26(15-23)36-20-35-25)18-27-30-24(19-37-27)28(33)29-9-2-10-31-11-13-34-14-12-31/h3-8,15,19H,2,9-14,16-18,20H2,1H3,(H,29,33). The molecule has 0 radical (unpaired) electrons. The minimum Gasteiger partial charge on any atom is -0.454 e. The summed E-state index contributed by atoms with van der Waals surface area (Å²) in [6.07, 6.45) is 0.919. The van der Waals surface area contributed by atoms with Crippen molar-refractivity contribution < 1.29 is 19.0 Å². The van der Waals surface area contributed by atoms with Gasteiger partial charge in [0.1, 0.15) is 10.7 Å². The molecule has 0 bridgehead atoms. The van der Waals surface area contributed by atoms with E-state index >= 15 is 0 Å². The van der Waals surface area contributed by atoms with Crippen molar-refractivity contribution in [1.29, 1.82) is 0 Å². The van der Waals surface area contributed by atoms with Gasteiger partial charge in [0.05, 0.1) is 19.8 Å². The molecule has 8 nitrogen and oxygen atoms in total. The largest absolute Gasteiger partial charge is 0.454 e. The number of ether oxygens (including phenoxy) is 3. The van der Waals surface area contributed by atoms with Crippen molar-refractivity contribution in [2.24, 2.45) is 0 Å². The zero-order valence-electron chi connectivity index (χ0n) is 21.3. The first-order valence-electron chi connectivity index (χ1n) is 12.8. The number of aromatic nitrogens is 1. The second-order valence-electron chi connectivity index (χ2n) is 9.51. The van der Waals surface area contributed by atoms with Gasteiger partial charge in [0.15, 0.2) is 11.5 Å². The fourth-order valence-electron chi connectivity index (χ4n) is 4.52. The molecule has 5 rings (SSSR count). The van der Waals surface area contributed by atoms with Gasteiger partial charge in [-0.3, -0.25) is 14.6 Å². The van der Waals surface area contributed by atoms with Gasteiger partial charge in [-0.1, -0.05) is 35.9 Å². The second-order valence-corrected chi connectivity index (χ2v) is 10.5. The van der Waals surface area contributed by atoms with Gasteiger partial charge in [-0.2, -0.15) is 0 Å². The van der Waals surface area contributed by atoms with Crippen LogP contribution in [0.25, 0.3) is 0 Å². The molecule has 3 heterocycles. The molecule has 1 fully saturated rings. The quantitative estimate of drug-likeness (QED) is 0.384. The van der Waals surface area contributed by atoms with Crippen LogP contribution in [-0.4, -0.2) is 66.9 Å². The summed E-state index contributed by atoms with van der Waals surface area (Å²) in [4.78, 5) is 22.1. The van der Waals surface area contributed by atoms with E-state index in [1.54, 1.807) is 0 Å². The number of nitrogens with one attached hydrogen (secondary N) is 1. The lowest BCUT2D eigenvalue weighted by Crippen LogP contribution is -2.38. The average Bonchev–Trinajstić information content (AvgIpc) is 3.58. The van der Waals surface area contributed by atoms with Gasteiger partial charge < -0.3 is 19.5 Å². The molecule has 1 aromatic heterocycles. The van der Waals surface area contributed by atoms with Crippen LogP contribution in [0.15, 0.2) is 47.8 Å². The first-order chi connectivity index (χ1) is 18.1. The molecule has 2 aliphatic rings. The Balaban J connectivity index is 1.19. The van der Waals surface area contributed by atoms with E-state index in [0.717, 1.165) is 74.4 Å². The first-order valence-corrected chi connectivity index (χ1v) is 13.7. The Hall–Kier alpha value is -2.98. The average molecular weight is 523 g/mol. The minimum atomic E-state index is -0.106. The van der Waals surface area contributed by atoms with Gasteiger partial charge in [0, 0.05) is 38.1 Å². The maximum absolute atomic E-state index is 12.7. The summed E-state index contributed by atoms with van der Waals surface area (Å²) in [5.41, 5.74) is 4.11. The van der Waals surface area contributed by atoms with Crippen LogP contribution in [0.3, 0.4) is 0 Å². The van der Waals surface area contributed by atoms with E-state index < -0.39 is 0 Å². The van der Waals surface area contributed by atoms with Crippen LogP contribution in [0, 0.1) is 6.92 Å². The van der Waals surface area contributed by atoms with Crippen LogP contribution in [-0.2, 0) is 24.4 Å². The zero-order chi connectivity index (χ0) is 25.5. The molecule has 0 aliphatic carbocycles. The minimum absolute atomic E-state index is 0.106. The number of hydrogen-bond acceptors (Lipinski definition) is 8. The summed E-state index contributed by atoms with van der Waals surface area (Å²) < 4.78 is 16.4. The number of thiazole rings is 1. The summed E-state index contributed by atoms with van der Waals surface area (Å²) >= 11 is 1.53. The number of fused-ring (bicyclic) bond motifs is 1. The third-order valence-electron chi connectivity index (χ3n) is 6.55. The van der Waals surface area contributed by atoms with E-state index in [0.29, 0.717) is 18.8 Å². The van der Waals surface area contributed by atoms with Gasteiger partial charge in [-0.15, -0.1) is 11.3 Å². The van der Waals surface area contributed by atoms with Crippen LogP contribution in [0.2, 0.25) is 0 Å². The number of aryl methyl sites for hydroxylation is 1. The van der Waals surface area contributed by atoms with Crippen molar-refractivity contribution >= 4 is 17.2 Å². The fourth-order valence-corrected chi connectivity index (χ4v) is 5.33. The Kier molecular flexibility index (Phi) is 8.68. The van der Waals surface area contributed by atoms with E-state index in [-0.39, 0.29) is 12.7 Å². The van der Waals surface area contributed by atoms with Gasteiger partial charge in [0.2, 0.25) is 6.79 Å². The summed E-state index contributed by atoms with van der Waals surface area (Å²) in [5.74, 6) is 1.47. The van der Waals surface area contributed by atoms with E-state index in [2.05, 4.69) is 57.4 Å². The Morgan fingerprint density at radius 3 is 2.62 bits per heavy atom. The number of carbonyl (C=O) groups is 1. The molecule has 3 aromatic rings. The van der Waals surface area contributed by atoms with Crippen LogP contribution < -0.4 is 14.8 Å². The van der Waals surface area contributed by atoms with Crippen molar-refractivity contribution in [3.8, 4) is 11.5 Å². The molecular formula is C28H34N4O4S. The predicted molar refractivity (Wildman–Crippen MR) is 143 cm³/mol. The summed E-state index contributed by atoms with van der Waals surface area (Å²) in [7, 11) is 0. The summed E-state index contributed by atoms with van der Waals surface area (Å²) in [6, 6.07) is 14.7. The maximum Gasteiger partial charge on any atom is 0.270 e. The summed E-state index contributed by atoms with van der Waals surface area (Å²) in [5, 5.41) is 5.80. The second kappa shape index (κ2) is 12.5. The maximum atomic E-state index is 12.7. The first kappa shape index (κ1) is 25.7. The smallest absolute Gasteiger partial charge is 0.270 e. The van der Waals surface area contributed by atoms with E-state index in [1.165, 1.54) is 22.5 Å². The van der Waals surface area contributed by atoms with Crippen molar-refractivity contribution in [1.82, 2.24) is 20.1 Å². The third-order valence-corrected chi connectivity index (χ3v) is 7.39. The number of morpholine rings is 1. The van der Waals surface area contributed by atoms with Crippen LogP contribution in [0.1, 0.15) is 38.6 Å². The molecule has 1 amide bonds. The SMILES string of the molecule is Cc1ccc(CN(Cc2ccc3c(c2)OCO3)Cc2nc(C(=O)NCCCN3CCOCC3)cs2)cc1. The van der Waals surface area contributed by atoms with Gasteiger partial charge >= 0.3 is 0 Å². The topological polar surface area (TPSA) is 76.2 Å². The molecule has 0 atom stereocenters. The molecule has 2 aliphatic heterocycles. The number of benzene rings is 2. The van der Waals surface area contributed by atoms with Crippen LogP contribution in [0.5, 0.6) is 11.5 Å². The molecule has 0 unspecified atom stereocenters. The molecule has 2 aromatic carbocycles. The molecule has 196 valence electrons. The highest BCUT2D eigenvalue weighted by Gasteiger charge is 2.18. The van der Waals surface area contributed by atoms with E-state index in [9.17, 15) is 4.79 Å². The third kappa shape index (κ3) is 7.29.